The Hall–Kier alpha value is -1.36. The minimum Gasteiger partial charge on any atom is -0.481 e. The maximum absolute atomic E-state index is 12.6. The molecule has 4 nitrogen and oxygen atoms in total. The van der Waals surface area contributed by atoms with Crippen LogP contribution < -0.4 is 0 Å². The Bertz CT molecular complexity index is 544. The zero-order chi connectivity index (χ0) is 14.9. The summed E-state index contributed by atoms with van der Waals surface area (Å²) in [5, 5.41) is 9.21. The van der Waals surface area contributed by atoms with Gasteiger partial charge in [0.15, 0.2) is 0 Å². The van der Waals surface area contributed by atoms with Gasteiger partial charge in [-0.2, -0.15) is 0 Å². The molecule has 1 aliphatic heterocycles. The molecule has 0 aliphatic carbocycles. The first-order valence-corrected chi connectivity index (χ1v) is 7.51. The van der Waals surface area contributed by atoms with Crippen molar-refractivity contribution in [1.29, 1.82) is 0 Å². The predicted molar refractivity (Wildman–Crippen MR) is 79.7 cm³/mol. The number of carboxylic acid groups (broad SMARTS) is 1. The fraction of sp³-hybridized carbons (Fsp3) is 0.467. The van der Waals surface area contributed by atoms with Gasteiger partial charge in [-0.15, -0.1) is 0 Å². The lowest BCUT2D eigenvalue weighted by Gasteiger charge is -2.37. The normalized spacial score (nSPS) is 22.6. The van der Waals surface area contributed by atoms with Gasteiger partial charge >= 0.3 is 5.97 Å². The Labute approximate surface area is 126 Å². The Balaban J connectivity index is 2.23. The molecule has 20 heavy (non-hydrogen) atoms. The van der Waals surface area contributed by atoms with Crippen LogP contribution in [0.5, 0.6) is 0 Å². The van der Waals surface area contributed by atoms with Gasteiger partial charge in [0.05, 0.1) is 5.92 Å². The van der Waals surface area contributed by atoms with E-state index < -0.39 is 11.9 Å². The van der Waals surface area contributed by atoms with Gasteiger partial charge in [0.25, 0.3) is 5.91 Å². The summed E-state index contributed by atoms with van der Waals surface area (Å²) in [5.74, 6) is -1.38. The number of carboxylic acids is 1. The van der Waals surface area contributed by atoms with Gasteiger partial charge in [-0.05, 0) is 44.4 Å². The highest BCUT2D eigenvalue weighted by Gasteiger charge is 2.35. The number of benzene rings is 1. The van der Waals surface area contributed by atoms with Gasteiger partial charge in [-0.1, -0.05) is 22.0 Å². The lowest BCUT2D eigenvalue weighted by molar-refractivity contribution is -0.144. The smallest absolute Gasteiger partial charge is 0.308 e. The van der Waals surface area contributed by atoms with Gasteiger partial charge < -0.3 is 10.0 Å². The van der Waals surface area contributed by atoms with Crippen molar-refractivity contribution in [1.82, 2.24) is 4.90 Å². The molecule has 2 rings (SSSR count). The van der Waals surface area contributed by atoms with Crippen LogP contribution in [0.2, 0.25) is 0 Å². The number of piperidine rings is 1. The van der Waals surface area contributed by atoms with Crippen molar-refractivity contribution in [2.75, 3.05) is 6.54 Å². The van der Waals surface area contributed by atoms with E-state index in [1.165, 1.54) is 0 Å². The highest BCUT2D eigenvalue weighted by molar-refractivity contribution is 9.10. The Kier molecular flexibility index (Phi) is 4.48. The average molecular weight is 340 g/mol. The van der Waals surface area contributed by atoms with Crippen LogP contribution in [0.15, 0.2) is 22.7 Å². The van der Waals surface area contributed by atoms with E-state index in [1.54, 1.807) is 17.0 Å². The van der Waals surface area contributed by atoms with E-state index in [4.69, 9.17) is 0 Å². The molecule has 0 spiro atoms. The summed E-state index contributed by atoms with van der Waals surface area (Å²) in [6.45, 7) is 4.40. The molecule has 1 heterocycles. The Morgan fingerprint density at radius 1 is 1.40 bits per heavy atom. The zero-order valence-electron chi connectivity index (χ0n) is 11.6. The number of hydrogen-bond acceptors (Lipinski definition) is 2. The number of rotatable bonds is 2. The SMILES string of the molecule is Cc1ccc(C(=O)N2CCC[C@@H](C(=O)O)[C@H]2C)cc1Br. The molecule has 1 amide bonds. The lowest BCUT2D eigenvalue weighted by atomic mass is 9.90. The second-order valence-electron chi connectivity index (χ2n) is 5.29. The first kappa shape index (κ1) is 15.0. The molecule has 0 saturated carbocycles. The van der Waals surface area contributed by atoms with Crippen LogP contribution in [0, 0.1) is 12.8 Å². The van der Waals surface area contributed by atoms with E-state index in [-0.39, 0.29) is 11.9 Å². The number of carbonyl (C=O) groups is 2. The third-order valence-electron chi connectivity index (χ3n) is 3.98. The first-order chi connectivity index (χ1) is 9.41. The molecule has 1 aliphatic rings. The quantitative estimate of drug-likeness (QED) is 0.900. The van der Waals surface area contributed by atoms with Gasteiger partial charge in [0.1, 0.15) is 0 Å². The molecular weight excluding hydrogens is 322 g/mol. The molecule has 108 valence electrons. The largest absolute Gasteiger partial charge is 0.481 e. The van der Waals surface area contributed by atoms with Crippen LogP contribution in [0.25, 0.3) is 0 Å². The van der Waals surface area contributed by atoms with E-state index in [2.05, 4.69) is 15.9 Å². The number of aryl methyl sites for hydroxylation is 1. The minimum absolute atomic E-state index is 0.0934. The summed E-state index contributed by atoms with van der Waals surface area (Å²) in [7, 11) is 0. The van der Waals surface area contributed by atoms with E-state index >= 15 is 0 Å². The average Bonchev–Trinajstić information content (AvgIpc) is 2.41. The number of likely N-dealkylation sites (tertiary alicyclic amines) is 1. The summed E-state index contributed by atoms with van der Waals surface area (Å²) < 4.78 is 0.891. The molecule has 0 radical (unpaired) electrons. The molecule has 5 heteroatoms. The number of aliphatic carboxylic acids is 1. The van der Waals surface area contributed by atoms with Crippen LogP contribution in [-0.4, -0.2) is 34.5 Å². The van der Waals surface area contributed by atoms with Crippen LogP contribution in [0.4, 0.5) is 0 Å². The number of halogens is 1. The van der Waals surface area contributed by atoms with Crippen molar-refractivity contribution in [2.45, 2.75) is 32.7 Å². The van der Waals surface area contributed by atoms with Crippen molar-refractivity contribution < 1.29 is 14.7 Å². The fourth-order valence-corrected chi connectivity index (χ4v) is 3.03. The maximum atomic E-state index is 12.6. The Morgan fingerprint density at radius 3 is 2.70 bits per heavy atom. The molecule has 0 bridgehead atoms. The van der Waals surface area contributed by atoms with E-state index in [0.717, 1.165) is 16.5 Å². The highest BCUT2D eigenvalue weighted by Crippen LogP contribution is 2.26. The zero-order valence-corrected chi connectivity index (χ0v) is 13.2. The monoisotopic (exact) mass is 339 g/mol. The standard InChI is InChI=1S/C15H18BrNO3/c1-9-5-6-11(8-13(9)16)14(18)17-7-3-4-12(10(17)2)15(19)20/h5-6,8,10,12H,3-4,7H2,1-2H3,(H,19,20)/t10-,12-/m1/s1. The summed E-state index contributed by atoms with van der Waals surface area (Å²) in [4.78, 5) is 25.5. The molecule has 1 aromatic carbocycles. The molecule has 0 aromatic heterocycles. The van der Waals surface area contributed by atoms with Crippen molar-refractivity contribution in [3.63, 3.8) is 0 Å². The number of nitrogens with zero attached hydrogens (tertiary/aromatic N) is 1. The predicted octanol–water partition coefficient (Wildman–Crippen LogP) is 3.08. The summed E-state index contributed by atoms with van der Waals surface area (Å²) in [6, 6.07) is 5.21. The summed E-state index contributed by atoms with van der Waals surface area (Å²) in [6.07, 6.45) is 1.37. The summed E-state index contributed by atoms with van der Waals surface area (Å²) in [5.41, 5.74) is 1.66. The molecule has 0 unspecified atom stereocenters. The fourth-order valence-electron chi connectivity index (χ4n) is 2.65. The molecular formula is C15H18BrNO3. The van der Waals surface area contributed by atoms with E-state index in [0.29, 0.717) is 18.5 Å². The lowest BCUT2D eigenvalue weighted by Crippen LogP contribution is -2.49. The number of amides is 1. The van der Waals surface area contributed by atoms with Gasteiger partial charge in [-0.3, -0.25) is 9.59 Å². The maximum Gasteiger partial charge on any atom is 0.308 e. The van der Waals surface area contributed by atoms with Crippen molar-refractivity contribution in [3.8, 4) is 0 Å². The molecule has 1 fully saturated rings. The van der Waals surface area contributed by atoms with Crippen molar-refractivity contribution in [2.24, 2.45) is 5.92 Å². The summed E-state index contributed by atoms with van der Waals surface area (Å²) >= 11 is 3.42. The second-order valence-corrected chi connectivity index (χ2v) is 6.14. The van der Waals surface area contributed by atoms with Crippen molar-refractivity contribution in [3.05, 3.63) is 33.8 Å². The topological polar surface area (TPSA) is 57.6 Å². The third-order valence-corrected chi connectivity index (χ3v) is 4.84. The van der Waals surface area contributed by atoms with E-state index in [9.17, 15) is 14.7 Å². The molecule has 1 saturated heterocycles. The number of hydrogen-bond donors (Lipinski definition) is 1. The molecule has 1 aromatic rings. The van der Waals surface area contributed by atoms with Crippen LogP contribution >= 0.6 is 15.9 Å². The second kappa shape index (κ2) is 5.95. The van der Waals surface area contributed by atoms with E-state index in [1.807, 2.05) is 19.9 Å². The van der Waals surface area contributed by atoms with Crippen LogP contribution in [0.3, 0.4) is 0 Å². The van der Waals surface area contributed by atoms with Gasteiger partial charge in [-0.25, -0.2) is 0 Å². The van der Waals surface area contributed by atoms with Crippen LogP contribution in [-0.2, 0) is 4.79 Å². The molecule has 2 atom stereocenters. The van der Waals surface area contributed by atoms with Crippen molar-refractivity contribution >= 4 is 27.8 Å². The minimum atomic E-state index is -0.819. The van der Waals surface area contributed by atoms with Gasteiger partial charge in [0.2, 0.25) is 0 Å². The van der Waals surface area contributed by atoms with Crippen LogP contribution in [0.1, 0.15) is 35.7 Å². The Morgan fingerprint density at radius 2 is 2.10 bits per heavy atom. The number of carbonyl (C=O) groups excluding carboxylic acids is 1. The molecule has 1 N–H and O–H groups in total. The third kappa shape index (κ3) is 2.87. The first-order valence-electron chi connectivity index (χ1n) is 6.71. The van der Waals surface area contributed by atoms with Gasteiger partial charge in [0, 0.05) is 22.6 Å². The highest BCUT2D eigenvalue weighted by atomic mass is 79.9.